The summed E-state index contributed by atoms with van der Waals surface area (Å²) in [5.41, 5.74) is 0. The van der Waals surface area contributed by atoms with E-state index in [4.69, 9.17) is 4.74 Å². The summed E-state index contributed by atoms with van der Waals surface area (Å²) in [7, 11) is 0. The number of esters is 1. The molecule has 0 spiro atoms. The van der Waals surface area contributed by atoms with Gasteiger partial charge in [-0.15, -0.1) is 0 Å². The normalized spacial score (nSPS) is 12.2. The van der Waals surface area contributed by atoms with E-state index in [0.29, 0.717) is 32.1 Å². The lowest BCUT2D eigenvalue weighted by molar-refractivity contribution is -0.164. The predicted molar refractivity (Wildman–Crippen MR) is 106 cm³/mol. The van der Waals surface area contributed by atoms with Gasteiger partial charge in [-0.05, 0) is 46.0 Å². The maximum absolute atomic E-state index is 12.7. The molecule has 0 radical (unpaired) electrons. The van der Waals surface area contributed by atoms with Crippen LogP contribution in [0.5, 0.6) is 0 Å². The van der Waals surface area contributed by atoms with Crippen LogP contribution in [0.4, 0.5) is 0 Å². The molecule has 28 heavy (non-hydrogen) atoms. The smallest absolute Gasteiger partial charge is 0.329 e. The second-order valence-corrected chi connectivity index (χ2v) is 6.36. The third-order valence-corrected chi connectivity index (χ3v) is 3.93. The SMILES string of the molecule is C/C=C/CCCC(=O)N(C(=O)CCC/C=C/C)C(CC(=O)O)C(=O)OCCC. The third-order valence-electron chi connectivity index (χ3n) is 3.93. The fourth-order valence-corrected chi connectivity index (χ4v) is 2.55. The van der Waals surface area contributed by atoms with E-state index in [1.807, 2.05) is 38.2 Å². The van der Waals surface area contributed by atoms with Crippen molar-refractivity contribution < 1.29 is 29.0 Å². The summed E-state index contributed by atoms with van der Waals surface area (Å²) in [4.78, 5) is 49.9. The number of nitrogens with zero attached hydrogens (tertiary/aromatic N) is 1. The second kappa shape index (κ2) is 15.6. The number of aliphatic carboxylic acids is 1. The Balaban J connectivity index is 5.44. The van der Waals surface area contributed by atoms with Gasteiger partial charge in [-0.3, -0.25) is 19.3 Å². The van der Waals surface area contributed by atoms with Gasteiger partial charge in [0.2, 0.25) is 11.8 Å². The van der Waals surface area contributed by atoms with E-state index < -0.39 is 36.2 Å². The van der Waals surface area contributed by atoms with Crippen molar-refractivity contribution in [2.75, 3.05) is 6.61 Å². The van der Waals surface area contributed by atoms with Crippen LogP contribution < -0.4 is 0 Å². The monoisotopic (exact) mass is 395 g/mol. The fourth-order valence-electron chi connectivity index (χ4n) is 2.55. The molecule has 0 rings (SSSR count). The first-order chi connectivity index (χ1) is 13.4. The summed E-state index contributed by atoms with van der Waals surface area (Å²) in [5, 5.41) is 9.19. The van der Waals surface area contributed by atoms with E-state index in [9.17, 15) is 24.3 Å². The van der Waals surface area contributed by atoms with E-state index in [1.54, 1.807) is 6.92 Å². The fraction of sp³-hybridized carbons (Fsp3) is 0.619. The highest BCUT2D eigenvalue weighted by Crippen LogP contribution is 2.15. The average Bonchev–Trinajstić information content (AvgIpc) is 2.65. The number of ether oxygens (including phenoxy) is 1. The second-order valence-electron chi connectivity index (χ2n) is 6.36. The number of carbonyl (C=O) groups is 4. The Morgan fingerprint density at radius 2 is 1.46 bits per heavy atom. The van der Waals surface area contributed by atoms with Gasteiger partial charge in [0.15, 0.2) is 0 Å². The molecule has 0 aromatic heterocycles. The number of hydrogen-bond donors (Lipinski definition) is 1. The Labute approximate surface area is 167 Å². The first-order valence-corrected chi connectivity index (χ1v) is 9.84. The molecule has 1 N–H and O–H groups in total. The van der Waals surface area contributed by atoms with Crippen LogP contribution in [0.25, 0.3) is 0 Å². The van der Waals surface area contributed by atoms with Crippen molar-refractivity contribution in [3.05, 3.63) is 24.3 Å². The highest BCUT2D eigenvalue weighted by Gasteiger charge is 2.36. The van der Waals surface area contributed by atoms with Crippen LogP contribution in [0, 0.1) is 0 Å². The Hall–Kier alpha value is -2.44. The zero-order valence-electron chi connectivity index (χ0n) is 17.2. The van der Waals surface area contributed by atoms with E-state index >= 15 is 0 Å². The number of amides is 2. The van der Waals surface area contributed by atoms with Crippen LogP contribution in [0.1, 0.15) is 72.1 Å². The summed E-state index contributed by atoms with van der Waals surface area (Å²) in [5.74, 6) is -3.21. The summed E-state index contributed by atoms with van der Waals surface area (Å²) in [6.45, 7) is 5.65. The molecular formula is C21H33NO6. The van der Waals surface area contributed by atoms with Gasteiger partial charge in [-0.1, -0.05) is 31.2 Å². The minimum absolute atomic E-state index is 0.0577. The molecule has 0 aromatic carbocycles. The largest absolute Gasteiger partial charge is 0.481 e. The molecule has 0 heterocycles. The van der Waals surface area contributed by atoms with Gasteiger partial charge in [0.1, 0.15) is 6.04 Å². The minimum atomic E-state index is -1.44. The zero-order valence-corrected chi connectivity index (χ0v) is 17.2. The number of imide groups is 1. The third kappa shape index (κ3) is 10.6. The van der Waals surface area contributed by atoms with Gasteiger partial charge < -0.3 is 9.84 Å². The molecule has 1 unspecified atom stereocenters. The number of unbranched alkanes of at least 4 members (excludes halogenated alkanes) is 2. The maximum atomic E-state index is 12.7. The van der Waals surface area contributed by atoms with Crippen molar-refractivity contribution in [2.45, 2.75) is 78.2 Å². The molecule has 1 atom stereocenters. The lowest BCUT2D eigenvalue weighted by Crippen LogP contribution is -2.50. The van der Waals surface area contributed by atoms with E-state index in [0.717, 1.165) is 4.90 Å². The van der Waals surface area contributed by atoms with Gasteiger partial charge in [-0.25, -0.2) is 4.79 Å². The summed E-state index contributed by atoms with van der Waals surface area (Å²) in [6, 6.07) is -1.44. The molecule has 0 fully saturated rings. The van der Waals surface area contributed by atoms with Crippen molar-refractivity contribution in [3.63, 3.8) is 0 Å². The lowest BCUT2D eigenvalue weighted by Gasteiger charge is -2.28. The van der Waals surface area contributed by atoms with Gasteiger partial charge in [0, 0.05) is 12.8 Å². The Bertz CT molecular complexity index is 537. The quantitative estimate of drug-likeness (QED) is 0.274. The van der Waals surface area contributed by atoms with E-state index in [-0.39, 0.29) is 19.4 Å². The molecule has 7 nitrogen and oxygen atoms in total. The van der Waals surface area contributed by atoms with Crippen LogP contribution in [0.2, 0.25) is 0 Å². The van der Waals surface area contributed by atoms with Crippen molar-refractivity contribution >= 4 is 23.8 Å². The predicted octanol–water partition coefficient (Wildman–Crippen LogP) is 3.63. The highest BCUT2D eigenvalue weighted by molar-refractivity contribution is 6.00. The molecule has 0 aliphatic carbocycles. The minimum Gasteiger partial charge on any atom is -0.481 e. The summed E-state index contributed by atoms with van der Waals surface area (Å²) in [6.07, 6.45) is 9.89. The van der Waals surface area contributed by atoms with Crippen LogP contribution >= 0.6 is 0 Å². The topological polar surface area (TPSA) is 101 Å². The van der Waals surface area contributed by atoms with Crippen molar-refractivity contribution in [3.8, 4) is 0 Å². The Morgan fingerprint density at radius 3 is 1.86 bits per heavy atom. The molecule has 0 saturated heterocycles. The first kappa shape index (κ1) is 25.6. The van der Waals surface area contributed by atoms with Crippen molar-refractivity contribution in [2.24, 2.45) is 0 Å². The van der Waals surface area contributed by atoms with Crippen LogP contribution in [0.15, 0.2) is 24.3 Å². The van der Waals surface area contributed by atoms with Gasteiger partial charge in [-0.2, -0.15) is 0 Å². The summed E-state index contributed by atoms with van der Waals surface area (Å²) >= 11 is 0. The maximum Gasteiger partial charge on any atom is 0.329 e. The molecule has 0 bridgehead atoms. The molecule has 0 saturated carbocycles. The number of carboxylic acid groups (broad SMARTS) is 1. The molecule has 158 valence electrons. The number of carboxylic acids is 1. The Morgan fingerprint density at radius 1 is 0.964 bits per heavy atom. The summed E-state index contributed by atoms with van der Waals surface area (Å²) < 4.78 is 5.05. The number of allylic oxidation sites excluding steroid dienone is 4. The van der Waals surface area contributed by atoms with Crippen LogP contribution in [-0.2, 0) is 23.9 Å². The van der Waals surface area contributed by atoms with Crippen LogP contribution in [0.3, 0.4) is 0 Å². The highest BCUT2D eigenvalue weighted by atomic mass is 16.5. The lowest BCUT2D eigenvalue weighted by atomic mass is 10.1. The van der Waals surface area contributed by atoms with Gasteiger partial charge in [0.25, 0.3) is 0 Å². The Kier molecular flexibility index (Phi) is 14.2. The zero-order chi connectivity index (χ0) is 21.4. The number of carbonyl (C=O) groups excluding carboxylic acids is 3. The standard InChI is InChI=1S/C21H33NO6/c1-4-7-9-11-13-18(23)22(19(24)14-12-10-8-5-2)17(16-20(25)26)21(27)28-15-6-3/h4-5,7-8,17H,6,9-16H2,1-3H3,(H,25,26)/b7-4+,8-5+. The van der Waals surface area contributed by atoms with Crippen molar-refractivity contribution in [1.82, 2.24) is 4.90 Å². The molecule has 2 amide bonds. The number of hydrogen-bond acceptors (Lipinski definition) is 5. The molecule has 0 aromatic rings. The molecule has 0 aliphatic rings. The number of rotatable bonds is 14. The average molecular weight is 395 g/mol. The van der Waals surface area contributed by atoms with Crippen LogP contribution in [-0.4, -0.2) is 46.4 Å². The first-order valence-electron chi connectivity index (χ1n) is 9.84. The van der Waals surface area contributed by atoms with E-state index in [2.05, 4.69) is 0 Å². The molecule has 0 aliphatic heterocycles. The van der Waals surface area contributed by atoms with Crippen molar-refractivity contribution in [1.29, 1.82) is 0 Å². The van der Waals surface area contributed by atoms with Gasteiger partial charge in [0.05, 0.1) is 13.0 Å². The molecule has 7 heteroatoms. The van der Waals surface area contributed by atoms with E-state index in [1.165, 1.54) is 0 Å². The van der Waals surface area contributed by atoms with Gasteiger partial charge >= 0.3 is 11.9 Å². The molecular weight excluding hydrogens is 362 g/mol.